The molecule has 46 valence electrons. The number of hydrogen-bond donors (Lipinski definition) is 2. The van der Waals surface area contributed by atoms with Gasteiger partial charge in [0.1, 0.15) is 2.74 Å². The summed E-state index contributed by atoms with van der Waals surface area (Å²) < 4.78 is 35.8. The van der Waals surface area contributed by atoms with Crippen molar-refractivity contribution >= 4 is 12.8 Å². The Labute approximate surface area is 59.5 Å². The topological polar surface area (TPSA) is 68.7 Å². The minimum Gasteiger partial charge on any atom is -0.413 e. The van der Waals surface area contributed by atoms with Crippen molar-refractivity contribution in [3.8, 4) is 0 Å². The van der Waals surface area contributed by atoms with Crippen LogP contribution in [-0.2, 0) is 0 Å². The lowest BCUT2D eigenvalue weighted by Crippen LogP contribution is -2.53. The Balaban J connectivity index is 3.60. The molecule has 0 unspecified atom stereocenters. The molecule has 0 atom stereocenters. The highest BCUT2D eigenvalue weighted by atomic mass is 16.4. The SMILES string of the molecule is [2H]c1c([2H])[n+]([2H])c(B(O)O)[n+]([2H])c1[2H]. The fourth-order valence-electron chi connectivity index (χ4n) is 0.336. The maximum atomic E-state index is 8.77. The van der Waals surface area contributed by atoms with Crippen LogP contribution in [0.25, 0.3) is 0 Å². The van der Waals surface area contributed by atoms with E-state index >= 15 is 0 Å². The van der Waals surface area contributed by atoms with E-state index in [1.807, 2.05) is 0 Å². The molecule has 0 saturated carbocycles. The molecule has 0 aliphatic heterocycles. The normalized spacial score (nSPS) is 16.9. The average molecular weight is 131 g/mol. The third kappa shape index (κ3) is 1.48. The maximum Gasteiger partial charge on any atom is 0.658 e. The second-order valence-electron chi connectivity index (χ2n) is 1.30. The van der Waals surface area contributed by atoms with E-state index in [0.29, 0.717) is 0 Å². The van der Waals surface area contributed by atoms with E-state index in [-0.39, 0.29) is 9.95 Å². The Bertz CT molecular complexity index is 357. The number of H-pyrrole nitrogens is 2. The molecule has 1 heterocycles. The second kappa shape index (κ2) is 2.57. The zero-order chi connectivity index (χ0) is 11.0. The van der Waals surface area contributed by atoms with Crippen LogP contribution in [0.1, 0.15) is 4.11 Å². The first kappa shape index (κ1) is 2.36. The van der Waals surface area contributed by atoms with Gasteiger partial charge in [-0.1, -0.05) is 0 Å². The lowest BCUT2D eigenvalue weighted by atomic mass is 9.91. The molecule has 4 N–H and O–H groups in total. The molecule has 0 spiro atoms. The molecular formula is C4H7BN2O2+2. The zero-order valence-electron chi connectivity index (χ0n) is 9.37. The number of hydrogen-bond acceptors (Lipinski definition) is 2. The van der Waals surface area contributed by atoms with E-state index in [1.54, 1.807) is 0 Å². The van der Waals surface area contributed by atoms with E-state index in [0.717, 1.165) is 0 Å². The Morgan fingerprint density at radius 2 is 2.11 bits per heavy atom. The molecule has 0 aliphatic rings. The summed E-state index contributed by atoms with van der Waals surface area (Å²) in [7, 11) is -2.14. The van der Waals surface area contributed by atoms with Crippen LogP contribution in [0.2, 0.25) is 2.82 Å². The van der Waals surface area contributed by atoms with E-state index in [2.05, 4.69) is 0 Å². The third-order valence-corrected chi connectivity index (χ3v) is 0.684. The molecule has 0 aliphatic carbocycles. The first-order valence-electron chi connectivity index (χ1n) is 4.59. The van der Waals surface area contributed by atoms with Crippen LogP contribution in [0.3, 0.4) is 0 Å². The monoisotopic (exact) mass is 131 g/mol. The third-order valence-electron chi connectivity index (χ3n) is 0.684. The van der Waals surface area contributed by atoms with Crippen LogP contribution in [0, 0.1) is 0 Å². The molecular weight excluding hydrogens is 119 g/mol. The minimum absolute atomic E-state index is 0.220. The van der Waals surface area contributed by atoms with Gasteiger partial charge in [-0.15, -0.1) is 0 Å². The molecule has 0 saturated heterocycles. The maximum absolute atomic E-state index is 8.77. The summed E-state index contributed by atoms with van der Waals surface area (Å²) in [5.74, 6) is 0. The van der Waals surface area contributed by atoms with Gasteiger partial charge in [0.15, 0.2) is 12.3 Å². The summed E-state index contributed by atoms with van der Waals surface area (Å²) in [5.41, 5.74) is -0.670. The molecule has 1 aromatic rings. The highest BCUT2D eigenvalue weighted by Crippen LogP contribution is 1.59. The molecule has 5 heteroatoms. The van der Waals surface area contributed by atoms with Crippen LogP contribution in [0.5, 0.6) is 0 Å². The standard InChI is InChI=1S/C4H5BN2O2/c8-5(9)4-6-2-1-3-7-4/h1-3,8-9H/p+2/i1D,2D,3D/hD2. The van der Waals surface area contributed by atoms with Crippen molar-refractivity contribution in [2.45, 2.75) is 0 Å². The zero-order valence-corrected chi connectivity index (χ0v) is 4.37. The van der Waals surface area contributed by atoms with Crippen LogP contribution in [0.15, 0.2) is 18.4 Å². The fraction of sp³-hybridized carbons (Fsp3) is 0. The molecule has 0 aromatic carbocycles. The molecule has 0 bridgehead atoms. The molecule has 0 radical (unpaired) electrons. The molecule has 0 fully saturated rings. The van der Waals surface area contributed by atoms with Crippen molar-refractivity contribution in [3.63, 3.8) is 0 Å². The van der Waals surface area contributed by atoms with E-state index in [4.69, 9.17) is 17.0 Å². The van der Waals surface area contributed by atoms with Crippen molar-refractivity contribution in [2.24, 2.45) is 0 Å². The Hall–Kier alpha value is -0.935. The van der Waals surface area contributed by atoms with Gasteiger partial charge in [0.2, 0.25) is 0 Å². The summed E-state index contributed by atoms with van der Waals surface area (Å²) in [6.45, 7) is 0. The van der Waals surface area contributed by atoms with Gasteiger partial charge in [-0.05, 0) is 0 Å². The van der Waals surface area contributed by atoms with Crippen LogP contribution in [-0.4, -0.2) is 17.2 Å². The first-order chi connectivity index (χ1) is 6.37. The summed E-state index contributed by atoms with van der Waals surface area (Å²) >= 11 is 0. The predicted octanol–water partition coefficient (Wildman–Crippen LogP) is -3.01. The first-order valence-corrected chi connectivity index (χ1v) is 2.20. The molecule has 9 heavy (non-hydrogen) atoms. The number of rotatable bonds is 1. The highest BCUT2D eigenvalue weighted by molar-refractivity contribution is 6.54. The van der Waals surface area contributed by atoms with Crippen LogP contribution < -0.4 is 15.7 Å². The molecule has 1 rings (SSSR count). The van der Waals surface area contributed by atoms with Gasteiger partial charge >= 0.3 is 15.7 Å². The number of aromatic nitrogens is 2. The van der Waals surface area contributed by atoms with Crippen molar-refractivity contribution in [2.75, 3.05) is 0 Å². The summed E-state index contributed by atoms with van der Waals surface area (Å²) in [4.78, 5) is 0.441. The van der Waals surface area contributed by atoms with Gasteiger partial charge < -0.3 is 10.0 Å². The van der Waals surface area contributed by atoms with E-state index in [1.165, 1.54) is 0 Å². The summed E-state index contributed by atoms with van der Waals surface area (Å²) in [6.07, 6.45) is -1.36. The minimum atomic E-state index is -2.14. The van der Waals surface area contributed by atoms with Gasteiger partial charge in [0.05, 0.1) is 7.41 Å². The fourth-order valence-corrected chi connectivity index (χ4v) is 0.336. The van der Waals surface area contributed by atoms with Gasteiger partial charge in [0.25, 0.3) is 0 Å². The number of aromatic amines is 2. The summed E-state index contributed by atoms with van der Waals surface area (Å²) in [5, 5.41) is 17.5. The molecule has 0 amide bonds. The molecule has 4 nitrogen and oxygen atoms in total. The largest absolute Gasteiger partial charge is 0.658 e. The lowest BCUT2D eigenvalue weighted by Gasteiger charge is -1.79. The Morgan fingerprint density at radius 3 is 2.56 bits per heavy atom. The smallest absolute Gasteiger partial charge is 0.413 e. The number of nitrogens with one attached hydrogen (secondary N) is 2. The van der Waals surface area contributed by atoms with Crippen molar-refractivity contribution in [3.05, 3.63) is 18.4 Å². The second-order valence-corrected chi connectivity index (χ2v) is 1.30. The van der Waals surface area contributed by atoms with E-state index < -0.39 is 31.2 Å². The van der Waals surface area contributed by atoms with Gasteiger partial charge in [-0.2, -0.15) is 9.95 Å². The van der Waals surface area contributed by atoms with Gasteiger partial charge in [-0.25, -0.2) is 0 Å². The average Bonchev–Trinajstić information content (AvgIpc) is 2.11. The highest BCUT2D eigenvalue weighted by Gasteiger charge is 2.27. The molecule has 1 aromatic heterocycles. The van der Waals surface area contributed by atoms with Crippen LogP contribution >= 0.6 is 0 Å². The van der Waals surface area contributed by atoms with Crippen molar-refractivity contribution in [1.29, 1.82) is 0 Å². The predicted molar refractivity (Wildman–Crippen MR) is 29.4 cm³/mol. The van der Waals surface area contributed by atoms with Crippen LogP contribution in [0.4, 0.5) is 0 Å². The summed E-state index contributed by atoms with van der Waals surface area (Å²) in [6, 6.07) is -0.626. The lowest BCUT2D eigenvalue weighted by molar-refractivity contribution is -0.498. The van der Waals surface area contributed by atoms with E-state index in [9.17, 15) is 0 Å². The quantitative estimate of drug-likeness (QED) is 0.398. The van der Waals surface area contributed by atoms with Gasteiger partial charge in [0, 0.05) is 0 Å². The Morgan fingerprint density at radius 1 is 1.56 bits per heavy atom. The Kier molecular flexibility index (Phi) is 0.672. The van der Waals surface area contributed by atoms with Crippen molar-refractivity contribution < 1.29 is 26.9 Å². The van der Waals surface area contributed by atoms with Gasteiger partial charge in [-0.3, -0.25) is 0 Å². The van der Waals surface area contributed by atoms with Crippen molar-refractivity contribution in [1.82, 2.24) is 0 Å².